The molecule has 0 atom stereocenters. The van der Waals surface area contributed by atoms with E-state index in [0.717, 1.165) is 26.6 Å². The first-order chi connectivity index (χ1) is 12.7. The molecular formula is C22H16N2OS. The topological polar surface area (TPSA) is 34.4 Å². The summed E-state index contributed by atoms with van der Waals surface area (Å²) < 4.78 is 3.02. The standard InChI is InChI=1S/C22H16N2OS/c1-3-14-24-20-15(2)8-6-13-19(20)26-22(24)23-21(25)18-12-7-10-16-9-4-5-11-17(16)18/h1,4-13H,14H2,2H3. The van der Waals surface area contributed by atoms with E-state index < -0.39 is 0 Å². The van der Waals surface area contributed by atoms with Crippen molar-refractivity contribution in [2.45, 2.75) is 13.5 Å². The number of thiazole rings is 1. The van der Waals surface area contributed by atoms with Crippen LogP contribution in [0.1, 0.15) is 15.9 Å². The lowest BCUT2D eigenvalue weighted by Gasteiger charge is -2.04. The Kier molecular flexibility index (Phi) is 4.16. The second kappa shape index (κ2) is 6.62. The molecule has 4 aromatic rings. The molecule has 0 aliphatic rings. The number of carbonyl (C=O) groups excluding carboxylic acids is 1. The minimum atomic E-state index is -0.253. The largest absolute Gasteiger partial charge is 0.304 e. The number of nitrogens with zero attached hydrogens (tertiary/aromatic N) is 2. The van der Waals surface area contributed by atoms with Crippen LogP contribution in [0.5, 0.6) is 0 Å². The van der Waals surface area contributed by atoms with E-state index in [2.05, 4.69) is 10.9 Å². The third-order valence-electron chi connectivity index (χ3n) is 4.37. The van der Waals surface area contributed by atoms with Crippen LogP contribution in [0, 0.1) is 19.3 Å². The van der Waals surface area contributed by atoms with E-state index in [1.807, 2.05) is 72.2 Å². The van der Waals surface area contributed by atoms with E-state index >= 15 is 0 Å². The zero-order valence-corrected chi connectivity index (χ0v) is 15.1. The number of carbonyl (C=O) groups is 1. The number of amides is 1. The summed E-state index contributed by atoms with van der Waals surface area (Å²) in [5.74, 6) is 2.42. The maximum absolute atomic E-state index is 12.9. The molecule has 4 heteroatoms. The van der Waals surface area contributed by atoms with E-state index in [9.17, 15) is 4.79 Å². The minimum Gasteiger partial charge on any atom is -0.304 e. The van der Waals surface area contributed by atoms with Crippen LogP contribution in [-0.2, 0) is 6.54 Å². The van der Waals surface area contributed by atoms with Gasteiger partial charge in [-0.15, -0.1) is 6.42 Å². The number of rotatable bonds is 2. The maximum Gasteiger partial charge on any atom is 0.280 e. The van der Waals surface area contributed by atoms with Crippen molar-refractivity contribution in [3.8, 4) is 12.3 Å². The van der Waals surface area contributed by atoms with E-state index in [0.29, 0.717) is 16.9 Å². The molecule has 0 fully saturated rings. The van der Waals surface area contributed by atoms with Crippen molar-refractivity contribution in [1.29, 1.82) is 0 Å². The lowest BCUT2D eigenvalue weighted by molar-refractivity contribution is 0.0999. The summed E-state index contributed by atoms with van der Waals surface area (Å²) in [4.78, 5) is 18.0. The summed E-state index contributed by atoms with van der Waals surface area (Å²) in [6.07, 6.45) is 5.55. The Balaban J connectivity index is 1.93. The molecule has 0 aliphatic heterocycles. The Morgan fingerprint density at radius 2 is 1.88 bits per heavy atom. The molecule has 0 radical (unpaired) electrons. The number of hydrogen-bond acceptors (Lipinski definition) is 2. The number of terminal acetylenes is 1. The highest BCUT2D eigenvalue weighted by Crippen LogP contribution is 2.22. The maximum atomic E-state index is 12.9. The van der Waals surface area contributed by atoms with Gasteiger partial charge in [0.2, 0.25) is 0 Å². The first kappa shape index (κ1) is 16.3. The zero-order valence-electron chi connectivity index (χ0n) is 14.3. The van der Waals surface area contributed by atoms with Gasteiger partial charge in [-0.25, -0.2) is 0 Å². The molecule has 126 valence electrons. The number of aromatic nitrogens is 1. The average molecular weight is 356 g/mol. The quantitative estimate of drug-likeness (QED) is 0.486. The molecular weight excluding hydrogens is 340 g/mol. The fraction of sp³-hybridized carbons (Fsp3) is 0.0909. The molecule has 1 aromatic heterocycles. The average Bonchev–Trinajstić information content (AvgIpc) is 3.00. The van der Waals surface area contributed by atoms with E-state index in [1.165, 1.54) is 11.3 Å². The van der Waals surface area contributed by atoms with Gasteiger partial charge < -0.3 is 4.57 Å². The lowest BCUT2D eigenvalue weighted by Crippen LogP contribution is -2.17. The Hall–Kier alpha value is -3.16. The van der Waals surface area contributed by atoms with Gasteiger partial charge in [0.1, 0.15) is 0 Å². The molecule has 3 nitrogen and oxygen atoms in total. The lowest BCUT2D eigenvalue weighted by atomic mass is 10.0. The molecule has 0 saturated carbocycles. The molecule has 4 rings (SSSR count). The fourth-order valence-corrected chi connectivity index (χ4v) is 4.30. The second-order valence-corrected chi connectivity index (χ2v) is 7.05. The van der Waals surface area contributed by atoms with Crippen LogP contribution in [0.2, 0.25) is 0 Å². The van der Waals surface area contributed by atoms with Crippen molar-refractivity contribution >= 4 is 38.2 Å². The number of fused-ring (bicyclic) bond motifs is 2. The van der Waals surface area contributed by atoms with Gasteiger partial charge in [0.05, 0.1) is 16.8 Å². The Morgan fingerprint density at radius 1 is 1.12 bits per heavy atom. The molecule has 1 heterocycles. The third-order valence-corrected chi connectivity index (χ3v) is 5.41. The van der Waals surface area contributed by atoms with E-state index in [4.69, 9.17) is 6.42 Å². The first-order valence-electron chi connectivity index (χ1n) is 8.28. The monoisotopic (exact) mass is 356 g/mol. The number of hydrogen-bond donors (Lipinski definition) is 0. The van der Waals surface area contributed by atoms with Crippen LogP contribution in [0.3, 0.4) is 0 Å². The smallest absolute Gasteiger partial charge is 0.280 e. The van der Waals surface area contributed by atoms with Crippen molar-refractivity contribution in [2.75, 3.05) is 0 Å². The van der Waals surface area contributed by atoms with Gasteiger partial charge in [0.25, 0.3) is 5.91 Å². The number of aryl methyl sites for hydroxylation is 1. The van der Waals surface area contributed by atoms with Crippen molar-refractivity contribution in [1.82, 2.24) is 4.57 Å². The van der Waals surface area contributed by atoms with Gasteiger partial charge in [-0.1, -0.05) is 65.8 Å². The van der Waals surface area contributed by atoms with Crippen molar-refractivity contribution in [3.63, 3.8) is 0 Å². The highest BCUT2D eigenvalue weighted by molar-refractivity contribution is 7.16. The van der Waals surface area contributed by atoms with Gasteiger partial charge in [-0.2, -0.15) is 4.99 Å². The predicted octanol–water partition coefficient (Wildman–Crippen LogP) is 4.54. The van der Waals surface area contributed by atoms with E-state index in [-0.39, 0.29) is 5.91 Å². The highest BCUT2D eigenvalue weighted by atomic mass is 32.1. The highest BCUT2D eigenvalue weighted by Gasteiger charge is 2.12. The minimum absolute atomic E-state index is 0.253. The molecule has 0 spiro atoms. The Labute approximate surface area is 155 Å². The molecule has 1 amide bonds. The van der Waals surface area contributed by atoms with Crippen LogP contribution in [0.15, 0.2) is 65.7 Å². The van der Waals surface area contributed by atoms with Crippen LogP contribution in [-0.4, -0.2) is 10.5 Å². The molecule has 0 saturated heterocycles. The molecule has 0 N–H and O–H groups in total. The fourth-order valence-electron chi connectivity index (χ4n) is 3.19. The summed E-state index contributed by atoms with van der Waals surface area (Å²) >= 11 is 1.49. The normalized spacial score (nSPS) is 11.8. The van der Waals surface area contributed by atoms with Crippen LogP contribution in [0.4, 0.5) is 0 Å². The zero-order chi connectivity index (χ0) is 18.1. The Bertz CT molecular complexity index is 1250. The molecule has 0 aliphatic carbocycles. The van der Waals surface area contributed by atoms with Gasteiger partial charge in [-0.3, -0.25) is 4.79 Å². The van der Waals surface area contributed by atoms with Gasteiger partial charge >= 0.3 is 0 Å². The molecule has 26 heavy (non-hydrogen) atoms. The van der Waals surface area contributed by atoms with Crippen LogP contribution < -0.4 is 4.80 Å². The summed E-state index contributed by atoms with van der Waals surface area (Å²) in [6, 6.07) is 19.6. The van der Waals surface area contributed by atoms with Crippen molar-refractivity contribution < 1.29 is 4.79 Å². The predicted molar refractivity (Wildman–Crippen MR) is 107 cm³/mol. The second-order valence-electron chi connectivity index (χ2n) is 6.04. The van der Waals surface area contributed by atoms with Gasteiger partial charge in [0.15, 0.2) is 4.80 Å². The molecule has 0 unspecified atom stereocenters. The van der Waals surface area contributed by atoms with Crippen molar-refractivity contribution in [2.24, 2.45) is 4.99 Å². The number of benzene rings is 3. The summed E-state index contributed by atoms with van der Waals surface area (Å²) in [5, 5.41) is 1.93. The van der Waals surface area contributed by atoms with Crippen LogP contribution >= 0.6 is 11.3 Å². The van der Waals surface area contributed by atoms with Gasteiger partial charge in [-0.05, 0) is 35.4 Å². The summed E-state index contributed by atoms with van der Waals surface area (Å²) in [5.41, 5.74) is 2.76. The van der Waals surface area contributed by atoms with Gasteiger partial charge in [0, 0.05) is 5.56 Å². The molecule has 3 aromatic carbocycles. The van der Waals surface area contributed by atoms with E-state index in [1.54, 1.807) is 0 Å². The SMILES string of the molecule is C#CCn1c(=NC(=O)c2cccc3ccccc23)sc2cccc(C)c21. The molecule has 0 bridgehead atoms. The Morgan fingerprint density at radius 3 is 2.73 bits per heavy atom. The first-order valence-corrected chi connectivity index (χ1v) is 9.10. The van der Waals surface area contributed by atoms with Crippen molar-refractivity contribution in [3.05, 3.63) is 76.6 Å². The summed E-state index contributed by atoms with van der Waals surface area (Å²) in [7, 11) is 0. The van der Waals surface area contributed by atoms with Crippen LogP contribution in [0.25, 0.3) is 21.0 Å². The third kappa shape index (κ3) is 2.73. The summed E-state index contributed by atoms with van der Waals surface area (Å²) in [6.45, 7) is 2.42. The number of para-hydroxylation sites is 1.